The van der Waals surface area contributed by atoms with Crippen molar-refractivity contribution in [2.24, 2.45) is 11.8 Å². The van der Waals surface area contributed by atoms with Gasteiger partial charge >= 0.3 is 0 Å². The highest BCUT2D eigenvalue weighted by Crippen LogP contribution is 2.26. The Balaban J connectivity index is 2.29. The van der Waals surface area contributed by atoms with E-state index in [9.17, 15) is 4.79 Å². The van der Waals surface area contributed by atoms with Gasteiger partial charge in [-0.3, -0.25) is 4.79 Å². The molecule has 0 radical (unpaired) electrons. The highest BCUT2D eigenvalue weighted by atomic mass is 16.3. The molecule has 1 amide bonds. The molecule has 13 heavy (non-hydrogen) atoms. The molecule has 2 atom stereocenters. The second-order valence-corrected chi connectivity index (χ2v) is 4.06. The van der Waals surface area contributed by atoms with E-state index < -0.39 is 6.10 Å². The van der Waals surface area contributed by atoms with Crippen molar-refractivity contribution in [3.8, 4) is 0 Å². The summed E-state index contributed by atoms with van der Waals surface area (Å²) in [4.78, 5) is 13.0. The lowest BCUT2D eigenvalue weighted by atomic mass is 9.85. The number of rotatable bonds is 3. The third-order valence-electron chi connectivity index (χ3n) is 3.03. The number of carbonyl (C=O) groups excluding carboxylic acids is 1. The molecular weight excluding hydrogens is 166 g/mol. The monoisotopic (exact) mass is 185 g/mol. The minimum Gasteiger partial charge on any atom is -0.384 e. The molecular formula is C10H19NO2. The molecule has 0 aliphatic carbocycles. The second kappa shape index (κ2) is 4.09. The van der Waals surface area contributed by atoms with Gasteiger partial charge in [0, 0.05) is 13.1 Å². The number of aliphatic hydroxyl groups excluding tert-OH is 1. The SMILES string of the molecule is CCC(C)C1CN(C(=O)C(C)O)C1. The summed E-state index contributed by atoms with van der Waals surface area (Å²) in [6.45, 7) is 7.58. The molecule has 1 heterocycles. The molecule has 1 fully saturated rings. The van der Waals surface area contributed by atoms with Crippen LogP contribution in [0.1, 0.15) is 27.2 Å². The first-order valence-electron chi connectivity index (χ1n) is 5.03. The number of hydrogen-bond donors (Lipinski definition) is 1. The molecule has 76 valence electrons. The fourth-order valence-electron chi connectivity index (χ4n) is 1.65. The van der Waals surface area contributed by atoms with Gasteiger partial charge in [0.2, 0.25) is 0 Å². The predicted molar refractivity (Wildman–Crippen MR) is 51.2 cm³/mol. The molecule has 0 spiro atoms. The molecule has 3 nitrogen and oxygen atoms in total. The van der Waals surface area contributed by atoms with Gasteiger partial charge in [0.05, 0.1) is 0 Å². The van der Waals surface area contributed by atoms with Crippen molar-refractivity contribution in [1.82, 2.24) is 4.90 Å². The molecule has 0 aromatic rings. The number of hydrogen-bond acceptors (Lipinski definition) is 2. The van der Waals surface area contributed by atoms with Crippen LogP contribution in [0.3, 0.4) is 0 Å². The molecule has 1 aliphatic heterocycles. The maximum absolute atomic E-state index is 11.3. The van der Waals surface area contributed by atoms with Crippen LogP contribution in [0.5, 0.6) is 0 Å². The summed E-state index contributed by atoms with van der Waals surface area (Å²) in [7, 11) is 0. The lowest BCUT2D eigenvalue weighted by Crippen LogP contribution is -2.54. The number of aliphatic hydroxyl groups is 1. The Morgan fingerprint density at radius 1 is 1.54 bits per heavy atom. The van der Waals surface area contributed by atoms with Crippen molar-refractivity contribution in [3.05, 3.63) is 0 Å². The Bertz CT molecular complexity index is 185. The molecule has 1 rings (SSSR count). The van der Waals surface area contributed by atoms with Gasteiger partial charge in [-0.15, -0.1) is 0 Å². The van der Waals surface area contributed by atoms with Crippen molar-refractivity contribution in [1.29, 1.82) is 0 Å². The smallest absolute Gasteiger partial charge is 0.251 e. The molecule has 1 aliphatic rings. The van der Waals surface area contributed by atoms with Crippen LogP contribution >= 0.6 is 0 Å². The summed E-state index contributed by atoms with van der Waals surface area (Å²) >= 11 is 0. The fraction of sp³-hybridized carbons (Fsp3) is 0.900. The van der Waals surface area contributed by atoms with E-state index in [1.807, 2.05) is 0 Å². The second-order valence-electron chi connectivity index (χ2n) is 4.06. The topological polar surface area (TPSA) is 40.5 Å². The molecule has 0 aromatic heterocycles. The minimum atomic E-state index is -0.835. The maximum atomic E-state index is 11.3. The van der Waals surface area contributed by atoms with Crippen molar-refractivity contribution < 1.29 is 9.90 Å². The minimum absolute atomic E-state index is 0.125. The Morgan fingerprint density at radius 3 is 2.46 bits per heavy atom. The van der Waals surface area contributed by atoms with Gasteiger partial charge in [0.1, 0.15) is 6.10 Å². The summed E-state index contributed by atoms with van der Waals surface area (Å²) in [6.07, 6.45) is 0.333. The number of amides is 1. The first-order valence-corrected chi connectivity index (χ1v) is 5.03. The summed E-state index contributed by atoms with van der Waals surface area (Å²) in [5.74, 6) is 1.21. The standard InChI is InChI=1S/C10H19NO2/c1-4-7(2)9-5-11(6-9)10(13)8(3)12/h7-9,12H,4-6H2,1-3H3. The number of carbonyl (C=O) groups is 1. The van der Waals surface area contributed by atoms with Crippen LogP contribution in [-0.4, -0.2) is 35.1 Å². The zero-order valence-electron chi connectivity index (χ0n) is 8.66. The average Bonchev–Trinajstić information content (AvgIpc) is 2.00. The van der Waals surface area contributed by atoms with Gasteiger partial charge in [-0.2, -0.15) is 0 Å². The first-order chi connectivity index (χ1) is 6.06. The van der Waals surface area contributed by atoms with Gasteiger partial charge in [-0.1, -0.05) is 20.3 Å². The highest BCUT2D eigenvalue weighted by Gasteiger charge is 2.34. The van der Waals surface area contributed by atoms with Crippen molar-refractivity contribution in [3.63, 3.8) is 0 Å². The average molecular weight is 185 g/mol. The molecule has 0 bridgehead atoms. The van der Waals surface area contributed by atoms with Gasteiger partial charge < -0.3 is 10.0 Å². The molecule has 2 unspecified atom stereocenters. The van der Waals surface area contributed by atoms with Crippen molar-refractivity contribution >= 4 is 5.91 Å². The van der Waals surface area contributed by atoms with E-state index in [2.05, 4.69) is 13.8 Å². The predicted octanol–water partition coefficient (Wildman–Crippen LogP) is 0.872. The van der Waals surface area contributed by atoms with Crippen molar-refractivity contribution in [2.45, 2.75) is 33.3 Å². The first kappa shape index (κ1) is 10.5. The Labute approximate surface area is 79.7 Å². The lowest BCUT2D eigenvalue weighted by Gasteiger charge is -2.42. The zero-order chi connectivity index (χ0) is 10.0. The van der Waals surface area contributed by atoms with Crippen LogP contribution in [0.2, 0.25) is 0 Å². The summed E-state index contributed by atoms with van der Waals surface area (Å²) in [5, 5.41) is 9.05. The maximum Gasteiger partial charge on any atom is 0.251 e. The van der Waals surface area contributed by atoms with E-state index in [4.69, 9.17) is 5.11 Å². The number of likely N-dealkylation sites (tertiary alicyclic amines) is 1. The molecule has 3 heteroatoms. The van der Waals surface area contributed by atoms with Gasteiger partial charge in [0.15, 0.2) is 0 Å². The molecule has 0 saturated carbocycles. The van der Waals surface area contributed by atoms with Crippen molar-refractivity contribution in [2.75, 3.05) is 13.1 Å². The van der Waals surface area contributed by atoms with Crippen LogP contribution in [0, 0.1) is 11.8 Å². The summed E-state index contributed by atoms with van der Waals surface area (Å²) < 4.78 is 0. The summed E-state index contributed by atoms with van der Waals surface area (Å²) in [5.41, 5.74) is 0. The zero-order valence-corrected chi connectivity index (χ0v) is 8.66. The Kier molecular flexibility index (Phi) is 3.31. The van der Waals surface area contributed by atoms with E-state index >= 15 is 0 Å². The molecule has 0 aromatic carbocycles. The third-order valence-corrected chi connectivity index (χ3v) is 3.03. The highest BCUT2D eigenvalue weighted by molar-refractivity contribution is 5.80. The lowest BCUT2D eigenvalue weighted by molar-refractivity contribution is -0.147. The third kappa shape index (κ3) is 2.21. The van der Waals surface area contributed by atoms with Crippen LogP contribution < -0.4 is 0 Å². The molecule has 1 N–H and O–H groups in total. The summed E-state index contributed by atoms with van der Waals surface area (Å²) in [6, 6.07) is 0. The van der Waals surface area contributed by atoms with E-state index in [1.165, 1.54) is 13.3 Å². The normalized spacial score (nSPS) is 22.3. The van der Waals surface area contributed by atoms with Crippen LogP contribution in [-0.2, 0) is 4.79 Å². The van der Waals surface area contributed by atoms with E-state index in [0.29, 0.717) is 11.8 Å². The quantitative estimate of drug-likeness (QED) is 0.709. The fourth-order valence-corrected chi connectivity index (χ4v) is 1.65. The van der Waals surface area contributed by atoms with Gasteiger partial charge in [-0.05, 0) is 18.8 Å². The Morgan fingerprint density at radius 2 is 2.08 bits per heavy atom. The van der Waals surface area contributed by atoms with E-state index in [1.54, 1.807) is 4.90 Å². The van der Waals surface area contributed by atoms with Crippen LogP contribution in [0.25, 0.3) is 0 Å². The van der Waals surface area contributed by atoms with Gasteiger partial charge in [-0.25, -0.2) is 0 Å². The van der Waals surface area contributed by atoms with Crippen LogP contribution in [0.15, 0.2) is 0 Å². The van der Waals surface area contributed by atoms with E-state index in [0.717, 1.165) is 13.1 Å². The molecule has 1 saturated heterocycles. The number of nitrogens with zero attached hydrogens (tertiary/aromatic N) is 1. The van der Waals surface area contributed by atoms with E-state index in [-0.39, 0.29) is 5.91 Å². The van der Waals surface area contributed by atoms with Crippen LogP contribution in [0.4, 0.5) is 0 Å². The van der Waals surface area contributed by atoms with Gasteiger partial charge in [0.25, 0.3) is 5.91 Å². The Hall–Kier alpha value is -0.570. The largest absolute Gasteiger partial charge is 0.384 e.